The van der Waals surface area contributed by atoms with Crippen LogP contribution in [-0.4, -0.2) is 38.2 Å². The maximum Gasteiger partial charge on any atom is 0.339 e. The molecule has 0 bridgehead atoms. The number of hydrogen-bond donors (Lipinski definition) is 1. The Morgan fingerprint density at radius 3 is 2.56 bits per heavy atom. The van der Waals surface area contributed by atoms with Gasteiger partial charge in [0.15, 0.2) is 12.3 Å². The van der Waals surface area contributed by atoms with E-state index in [2.05, 4.69) is 15.4 Å². The molecule has 2 heterocycles. The van der Waals surface area contributed by atoms with Crippen LogP contribution in [0.15, 0.2) is 30.5 Å². The van der Waals surface area contributed by atoms with Crippen molar-refractivity contribution in [1.29, 1.82) is 0 Å². The van der Waals surface area contributed by atoms with Gasteiger partial charge in [-0.25, -0.2) is 14.5 Å². The van der Waals surface area contributed by atoms with Gasteiger partial charge in [0.1, 0.15) is 0 Å². The largest absolute Gasteiger partial charge is 0.452 e. The molecular formula is C22H25N5O5. The van der Waals surface area contributed by atoms with E-state index in [9.17, 15) is 19.7 Å². The standard InChI is InChI=1S/C22H25N5O5/c1-12(2)18-9-16(17-10-23-26(13(3)4)21(17)25-18)22(29)32-11-20(28)24-15-7-6-14(5)19(8-15)27(30)31/h6-10,12-13H,11H2,1-5H3,(H,24,28). The molecule has 1 N–H and O–H groups in total. The lowest BCUT2D eigenvalue weighted by Gasteiger charge is -2.12. The van der Waals surface area contributed by atoms with E-state index in [0.29, 0.717) is 22.3 Å². The smallest absolute Gasteiger partial charge is 0.339 e. The molecule has 0 fully saturated rings. The lowest BCUT2D eigenvalue weighted by molar-refractivity contribution is -0.385. The van der Waals surface area contributed by atoms with Gasteiger partial charge < -0.3 is 10.1 Å². The number of nitro groups is 1. The highest BCUT2D eigenvalue weighted by molar-refractivity contribution is 6.04. The fourth-order valence-corrected chi connectivity index (χ4v) is 3.17. The maximum absolute atomic E-state index is 12.8. The summed E-state index contributed by atoms with van der Waals surface area (Å²) in [6, 6.07) is 6.05. The highest BCUT2D eigenvalue weighted by atomic mass is 16.6. The Balaban J connectivity index is 1.78. The van der Waals surface area contributed by atoms with Crippen molar-refractivity contribution in [2.24, 2.45) is 0 Å². The molecule has 32 heavy (non-hydrogen) atoms. The fraction of sp³-hybridized carbons (Fsp3) is 0.364. The minimum Gasteiger partial charge on any atom is -0.452 e. The van der Waals surface area contributed by atoms with Gasteiger partial charge in [-0.3, -0.25) is 14.9 Å². The molecule has 10 nitrogen and oxygen atoms in total. The average Bonchev–Trinajstić information content (AvgIpc) is 3.16. The topological polar surface area (TPSA) is 129 Å². The first kappa shape index (κ1) is 22.9. The summed E-state index contributed by atoms with van der Waals surface area (Å²) >= 11 is 0. The summed E-state index contributed by atoms with van der Waals surface area (Å²) in [6.45, 7) is 8.93. The van der Waals surface area contributed by atoms with E-state index in [1.54, 1.807) is 29.9 Å². The number of fused-ring (bicyclic) bond motifs is 1. The van der Waals surface area contributed by atoms with E-state index in [4.69, 9.17) is 4.74 Å². The van der Waals surface area contributed by atoms with Gasteiger partial charge in [0.2, 0.25) is 0 Å². The number of nitrogens with one attached hydrogen (secondary N) is 1. The van der Waals surface area contributed by atoms with Crippen LogP contribution in [0.2, 0.25) is 0 Å². The zero-order chi connectivity index (χ0) is 23.6. The van der Waals surface area contributed by atoms with E-state index < -0.39 is 23.4 Å². The number of aryl methyl sites for hydroxylation is 1. The minimum atomic E-state index is -0.673. The van der Waals surface area contributed by atoms with Crippen LogP contribution in [0.4, 0.5) is 11.4 Å². The highest BCUT2D eigenvalue weighted by Crippen LogP contribution is 2.25. The third-order valence-corrected chi connectivity index (χ3v) is 4.91. The molecule has 2 aromatic heterocycles. The van der Waals surface area contributed by atoms with Crippen molar-refractivity contribution in [1.82, 2.24) is 14.8 Å². The zero-order valence-electron chi connectivity index (χ0n) is 18.6. The third kappa shape index (κ3) is 4.74. The Morgan fingerprint density at radius 1 is 1.22 bits per heavy atom. The van der Waals surface area contributed by atoms with Crippen molar-refractivity contribution in [3.63, 3.8) is 0 Å². The number of hydrogen-bond acceptors (Lipinski definition) is 7. The van der Waals surface area contributed by atoms with Gasteiger partial charge in [-0.15, -0.1) is 0 Å². The lowest BCUT2D eigenvalue weighted by Crippen LogP contribution is -2.21. The van der Waals surface area contributed by atoms with Crippen molar-refractivity contribution < 1.29 is 19.2 Å². The number of amides is 1. The van der Waals surface area contributed by atoms with Crippen molar-refractivity contribution in [3.8, 4) is 0 Å². The summed E-state index contributed by atoms with van der Waals surface area (Å²) in [5.41, 5.74) is 2.18. The molecule has 0 spiro atoms. The Hall–Kier alpha value is -3.82. The molecule has 3 rings (SSSR count). The van der Waals surface area contributed by atoms with Crippen molar-refractivity contribution in [2.45, 2.75) is 46.6 Å². The molecule has 0 saturated heterocycles. The number of carbonyl (C=O) groups excluding carboxylic acids is 2. The van der Waals surface area contributed by atoms with Crippen LogP contribution >= 0.6 is 0 Å². The predicted molar refractivity (Wildman–Crippen MR) is 119 cm³/mol. The molecule has 0 aliphatic heterocycles. The number of nitrogens with zero attached hydrogens (tertiary/aromatic N) is 4. The number of rotatable bonds is 7. The van der Waals surface area contributed by atoms with Gasteiger partial charge in [-0.1, -0.05) is 19.9 Å². The second-order valence-corrected chi connectivity index (χ2v) is 8.05. The summed E-state index contributed by atoms with van der Waals surface area (Å²) in [6.07, 6.45) is 1.56. The summed E-state index contributed by atoms with van der Waals surface area (Å²) < 4.78 is 6.96. The SMILES string of the molecule is Cc1ccc(NC(=O)COC(=O)c2cc(C(C)C)nc3c2cnn3C(C)C)cc1[N+](=O)[O-]. The number of nitro benzene ring substituents is 1. The van der Waals surface area contributed by atoms with Crippen LogP contribution in [0.1, 0.15) is 61.3 Å². The quantitative estimate of drug-likeness (QED) is 0.332. The van der Waals surface area contributed by atoms with Gasteiger partial charge in [0, 0.05) is 29.1 Å². The first-order chi connectivity index (χ1) is 15.1. The Kier molecular flexibility index (Phi) is 6.52. The van der Waals surface area contributed by atoms with Crippen molar-refractivity contribution in [2.75, 3.05) is 11.9 Å². The van der Waals surface area contributed by atoms with Crippen molar-refractivity contribution in [3.05, 3.63) is 57.4 Å². The maximum atomic E-state index is 12.8. The molecule has 3 aromatic rings. The monoisotopic (exact) mass is 439 g/mol. The summed E-state index contributed by atoms with van der Waals surface area (Å²) in [4.78, 5) is 40.2. The molecule has 1 amide bonds. The average molecular weight is 439 g/mol. The molecular weight excluding hydrogens is 414 g/mol. The number of anilines is 1. The molecule has 0 radical (unpaired) electrons. The second kappa shape index (κ2) is 9.13. The zero-order valence-corrected chi connectivity index (χ0v) is 18.6. The summed E-state index contributed by atoms with van der Waals surface area (Å²) in [5, 5.41) is 18.5. The van der Waals surface area contributed by atoms with Gasteiger partial charge >= 0.3 is 5.97 Å². The number of aromatic nitrogens is 3. The van der Waals surface area contributed by atoms with E-state index in [0.717, 1.165) is 0 Å². The van der Waals surface area contributed by atoms with E-state index >= 15 is 0 Å². The number of ether oxygens (including phenoxy) is 1. The van der Waals surface area contributed by atoms with Crippen LogP contribution in [0.5, 0.6) is 0 Å². The van der Waals surface area contributed by atoms with E-state index in [1.165, 1.54) is 12.1 Å². The Bertz CT molecular complexity index is 1200. The van der Waals surface area contributed by atoms with Crippen LogP contribution in [-0.2, 0) is 9.53 Å². The highest BCUT2D eigenvalue weighted by Gasteiger charge is 2.21. The van der Waals surface area contributed by atoms with Crippen LogP contribution < -0.4 is 5.32 Å². The molecule has 0 aliphatic rings. The van der Waals surface area contributed by atoms with Crippen molar-refractivity contribution >= 4 is 34.3 Å². The summed E-state index contributed by atoms with van der Waals surface area (Å²) in [7, 11) is 0. The predicted octanol–water partition coefficient (Wildman–Crippen LogP) is 4.15. The van der Waals surface area contributed by atoms with Crippen LogP contribution in [0.3, 0.4) is 0 Å². The molecule has 0 unspecified atom stereocenters. The Labute approximate surface area is 184 Å². The molecule has 0 atom stereocenters. The first-order valence-electron chi connectivity index (χ1n) is 10.2. The van der Waals surface area contributed by atoms with Gasteiger partial charge in [0.25, 0.3) is 11.6 Å². The minimum absolute atomic E-state index is 0.0515. The molecule has 1 aromatic carbocycles. The second-order valence-electron chi connectivity index (χ2n) is 8.05. The van der Waals surface area contributed by atoms with Crippen LogP contribution in [0.25, 0.3) is 11.0 Å². The van der Waals surface area contributed by atoms with E-state index in [-0.39, 0.29) is 28.9 Å². The van der Waals surface area contributed by atoms with Crippen LogP contribution in [0, 0.1) is 17.0 Å². The Morgan fingerprint density at radius 2 is 1.94 bits per heavy atom. The van der Waals surface area contributed by atoms with Gasteiger partial charge in [0.05, 0.1) is 22.1 Å². The number of esters is 1. The fourth-order valence-electron chi connectivity index (χ4n) is 3.17. The molecule has 10 heteroatoms. The lowest BCUT2D eigenvalue weighted by atomic mass is 10.1. The number of pyridine rings is 1. The molecule has 0 saturated carbocycles. The normalized spacial score (nSPS) is 11.2. The number of carbonyl (C=O) groups is 2. The first-order valence-corrected chi connectivity index (χ1v) is 10.2. The van der Waals surface area contributed by atoms with Gasteiger partial charge in [-0.05, 0) is 38.8 Å². The van der Waals surface area contributed by atoms with E-state index in [1.807, 2.05) is 27.7 Å². The molecule has 0 aliphatic carbocycles. The third-order valence-electron chi connectivity index (χ3n) is 4.91. The summed E-state index contributed by atoms with van der Waals surface area (Å²) in [5.74, 6) is -1.21. The van der Waals surface area contributed by atoms with Gasteiger partial charge in [-0.2, -0.15) is 5.10 Å². The molecule has 168 valence electrons. The number of benzene rings is 1.